The number of thiazole rings is 1. The van der Waals surface area contributed by atoms with Crippen molar-refractivity contribution >= 4 is 27.9 Å². The lowest BCUT2D eigenvalue weighted by Crippen LogP contribution is -2.01. The smallest absolute Gasteiger partial charge is 0.0798 e. The van der Waals surface area contributed by atoms with Gasteiger partial charge in [0.15, 0.2) is 0 Å². The third-order valence-electron chi connectivity index (χ3n) is 3.13. The zero-order chi connectivity index (χ0) is 13.2. The molecule has 0 aliphatic heterocycles. The second-order valence-electron chi connectivity index (χ2n) is 4.54. The molecule has 2 aromatic heterocycles. The van der Waals surface area contributed by atoms with E-state index in [1.807, 2.05) is 37.6 Å². The van der Waals surface area contributed by atoms with E-state index in [1.54, 1.807) is 11.3 Å². The van der Waals surface area contributed by atoms with Crippen LogP contribution in [-0.4, -0.2) is 9.97 Å². The average molecular weight is 269 g/mol. The molecule has 0 unspecified atom stereocenters. The highest BCUT2D eigenvalue weighted by atomic mass is 32.1. The van der Waals surface area contributed by atoms with Gasteiger partial charge >= 0.3 is 0 Å². The number of aromatic nitrogens is 2. The first-order chi connectivity index (χ1) is 9.24. The van der Waals surface area contributed by atoms with Gasteiger partial charge in [-0.1, -0.05) is 18.2 Å². The molecule has 3 rings (SSSR count). The van der Waals surface area contributed by atoms with Gasteiger partial charge in [0.25, 0.3) is 0 Å². The molecule has 4 heteroatoms. The third-order valence-corrected chi connectivity index (χ3v) is 4.06. The molecule has 96 valence electrons. The molecule has 0 fully saturated rings. The van der Waals surface area contributed by atoms with E-state index < -0.39 is 0 Å². The zero-order valence-electron chi connectivity index (χ0n) is 11.0. The van der Waals surface area contributed by atoms with E-state index in [9.17, 15) is 0 Å². The normalized spacial score (nSPS) is 10.8. The molecule has 19 heavy (non-hydrogen) atoms. The highest BCUT2D eigenvalue weighted by Crippen LogP contribution is 2.24. The molecule has 0 saturated heterocycles. The van der Waals surface area contributed by atoms with Crippen molar-refractivity contribution in [3.63, 3.8) is 0 Å². The Labute approximate surface area is 116 Å². The van der Waals surface area contributed by atoms with E-state index in [4.69, 9.17) is 0 Å². The number of nitrogens with one attached hydrogen (secondary N) is 1. The zero-order valence-corrected chi connectivity index (χ0v) is 11.8. The Bertz CT molecular complexity index is 718. The number of anilines is 1. The molecular weight excluding hydrogens is 254 g/mol. The predicted molar refractivity (Wildman–Crippen MR) is 80.7 cm³/mol. The number of pyridine rings is 1. The highest BCUT2D eigenvalue weighted by Gasteiger charge is 2.05. The minimum absolute atomic E-state index is 0.809. The standard InChI is InChI=1S/C15H15N3S/c1-10-7-14(12-5-3-4-6-13(12)18-10)16-8-15-11(2)17-9-19-15/h3-7,9H,8H2,1-2H3,(H,16,18). The molecule has 0 radical (unpaired) electrons. The van der Waals surface area contributed by atoms with Crippen molar-refractivity contribution in [2.24, 2.45) is 0 Å². The lowest BCUT2D eigenvalue weighted by atomic mass is 10.1. The van der Waals surface area contributed by atoms with Crippen LogP contribution in [-0.2, 0) is 6.54 Å². The van der Waals surface area contributed by atoms with E-state index in [0.29, 0.717) is 0 Å². The van der Waals surface area contributed by atoms with Crippen molar-refractivity contribution in [3.05, 3.63) is 52.1 Å². The van der Waals surface area contributed by atoms with Gasteiger partial charge < -0.3 is 5.32 Å². The van der Waals surface area contributed by atoms with Gasteiger partial charge in [-0.15, -0.1) is 11.3 Å². The molecule has 2 heterocycles. The number of rotatable bonds is 3. The first-order valence-corrected chi connectivity index (χ1v) is 7.11. The highest BCUT2D eigenvalue weighted by molar-refractivity contribution is 7.09. The van der Waals surface area contributed by atoms with E-state index >= 15 is 0 Å². The quantitative estimate of drug-likeness (QED) is 0.783. The van der Waals surface area contributed by atoms with Crippen LogP contribution in [0.3, 0.4) is 0 Å². The third kappa shape index (κ3) is 2.44. The van der Waals surface area contributed by atoms with Crippen molar-refractivity contribution < 1.29 is 0 Å². The minimum atomic E-state index is 0.809. The largest absolute Gasteiger partial charge is 0.379 e. The summed E-state index contributed by atoms with van der Waals surface area (Å²) >= 11 is 1.69. The maximum absolute atomic E-state index is 4.55. The molecule has 3 nitrogen and oxygen atoms in total. The van der Waals surface area contributed by atoms with Crippen molar-refractivity contribution in [2.75, 3.05) is 5.32 Å². The van der Waals surface area contributed by atoms with Crippen LogP contribution in [0, 0.1) is 13.8 Å². The molecule has 1 N–H and O–H groups in total. The van der Waals surface area contributed by atoms with Crippen LogP contribution in [0.4, 0.5) is 5.69 Å². The van der Waals surface area contributed by atoms with Crippen LogP contribution in [0.15, 0.2) is 35.8 Å². The number of hydrogen-bond acceptors (Lipinski definition) is 4. The molecule has 0 aliphatic carbocycles. The summed E-state index contributed by atoms with van der Waals surface area (Å²) in [7, 11) is 0. The van der Waals surface area contributed by atoms with Crippen LogP contribution in [0.2, 0.25) is 0 Å². The number of aryl methyl sites for hydroxylation is 2. The van der Waals surface area contributed by atoms with E-state index in [2.05, 4.69) is 27.4 Å². The van der Waals surface area contributed by atoms with Crippen LogP contribution in [0.5, 0.6) is 0 Å². The lowest BCUT2D eigenvalue weighted by molar-refractivity contribution is 1.12. The van der Waals surface area contributed by atoms with Gasteiger partial charge in [0.05, 0.1) is 23.3 Å². The summed E-state index contributed by atoms with van der Waals surface area (Å²) in [6.45, 7) is 4.88. The first-order valence-electron chi connectivity index (χ1n) is 6.23. The molecular formula is C15H15N3S. The Kier molecular flexibility index (Phi) is 3.17. The summed E-state index contributed by atoms with van der Waals surface area (Å²) in [5.74, 6) is 0. The van der Waals surface area contributed by atoms with Crippen LogP contribution < -0.4 is 5.32 Å². The SMILES string of the molecule is Cc1cc(NCc2scnc2C)c2ccccc2n1. The Balaban J connectivity index is 1.94. The summed E-state index contributed by atoms with van der Waals surface area (Å²) in [5, 5.41) is 4.66. The van der Waals surface area contributed by atoms with Crippen molar-refractivity contribution in [3.8, 4) is 0 Å². The van der Waals surface area contributed by atoms with Gasteiger partial charge in [-0.3, -0.25) is 4.98 Å². The van der Waals surface area contributed by atoms with Gasteiger partial charge in [-0.05, 0) is 26.0 Å². The van der Waals surface area contributed by atoms with Gasteiger partial charge in [-0.25, -0.2) is 4.98 Å². The molecule has 0 atom stereocenters. The monoisotopic (exact) mass is 269 g/mol. The average Bonchev–Trinajstić information content (AvgIpc) is 2.81. The number of fused-ring (bicyclic) bond motifs is 1. The van der Waals surface area contributed by atoms with E-state index in [1.165, 1.54) is 4.88 Å². The fraction of sp³-hybridized carbons (Fsp3) is 0.200. The fourth-order valence-corrected chi connectivity index (χ4v) is 2.84. The van der Waals surface area contributed by atoms with Gasteiger partial charge in [0.2, 0.25) is 0 Å². The number of hydrogen-bond donors (Lipinski definition) is 1. The second-order valence-corrected chi connectivity index (χ2v) is 5.48. The fourth-order valence-electron chi connectivity index (χ4n) is 2.13. The lowest BCUT2D eigenvalue weighted by Gasteiger charge is -2.10. The summed E-state index contributed by atoms with van der Waals surface area (Å²) in [6, 6.07) is 10.3. The summed E-state index contributed by atoms with van der Waals surface area (Å²) in [6.07, 6.45) is 0. The van der Waals surface area contributed by atoms with Gasteiger partial charge in [0, 0.05) is 21.6 Å². The maximum Gasteiger partial charge on any atom is 0.0798 e. The summed E-state index contributed by atoms with van der Waals surface area (Å²) in [4.78, 5) is 10.1. The molecule has 3 aromatic rings. The summed E-state index contributed by atoms with van der Waals surface area (Å²) in [5.41, 5.74) is 6.19. The maximum atomic E-state index is 4.55. The number of para-hydroxylation sites is 1. The second kappa shape index (κ2) is 4.97. The summed E-state index contributed by atoms with van der Waals surface area (Å²) < 4.78 is 0. The molecule has 0 saturated carbocycles. The Morgan fingerprint density at radius 1 is 1.21 bits per heavy atom. The van der Waals surface area contributed by atoms with Gasteiger partial charge in [0.1, 0.15) is 0 Å². The molecule has 0 spiro atoms. The minimum Gasteiger partial charge on any atom is -0.379 e. The molecule has 0 bridgehead atoms. The molecule has 0 aliphatic rings. The molecule has 1 aromatic carbocycles. The van der Waals surface area contributed by atoms with E-state index in [0.717, 1.165) is 34.5 Å². The number of benzene rings is 1. The van der Waals surface area contributed by atoms with E-state index in [-0.39, 0.29) is 0 Å². The van der Waals surface area contributed by atoms with Crippen molar-refractivity contribution in [1.82, 2.24) is 9.97 Å². The Hall–Kier alpha value is -1.94. The first kappa shape index (κ1) is 12.1. The topological polar surface area (TPSA) is 37.8 Å². The van der Waals surface area contributed by atoms with Crippen LogP contribution in [0.25, 0.3) is 10.9 Å². The predicted octanol–water partition coefficient (Wildman–Crippen LogP) is 3.92. The van der Waals surface area contributed by atoms with Crippen molar-refractivity contribution in [2.45, 2.75) is 20.4 Å². The van der Waals surface area contributed by atoms with Crippen LogP contribution in [0.1, 0.15) is 16.3 Å². The van der Waals surface area contributed by atoms with Crippen molar-refractivity contribution in [1.29, 1.82) is 0 Å². The number of nitrogens with zero attached hydrogens (tertiary/aromatic N) is 2. The molecule has 0 amide bonds. The van der Waals surface area contributed by atoms with Crippen LogP contribution >= 0.6 is 11.3 Å². The Morgan fingerprint density at radius 2 is 2.05 bits per heavy atom. The van der Waals surface area contributed by atoms with Gasteiger partial charge in [-0.2, -0.15) is 0 Å². The Morgan fingerprint density at radius 3 is 2.84 bits per heavy atom.